The molecule has 0 saturated heterocycles. The highest BCUT2D eigenvalue weighted by Crippen LogP contribution is 2.45. The van der Waals surface area contributed by atoms with Gasteiger partial charge in [-0.1, -0.05) is 140 Å². The van der Waals surface area contributed by atoms with Gasteiger partial charge in [0.05, 0.1) is 44.8 Å². The molecule has 0 spiro atoms. The number of furan rings is 1. The van der Waals surface area contributed by atoms with Gasteiger partial charge in [-0.3, -0.25) is 19.9 Å². The minimum Gasteiger partial charge on any atom is -0.456 e. The predicted octanol–water partition coefficient (Wildman–Crippen LogP) is 20.9. The Bertz CT molecular complexity index is 5340. The fraction of sp³-hybridized carbons (Fsp3) is 0.0370. The van der Waals surface area contributed by atoms with E-state index in [1.165, 1.54) is 22.1 Å². The van der Waals surface area contributed by atoms with Crippen LogP contribution in [0.3, 0.4) is 0 Å². The van der Waals surface area contributed by atoms with Crippen molar-refractivity contribution in [3.63, 3.8) is 0 Å². The summed E-state index contributed by atoms with van der Waals surface area (Å²) < 4.78 is 11.6. The molecule has 414 valence electrons. The normalized spacial score (nSPS) is 13.5. The number of hydrogen-bond acceptors (Lipinski definition) is 5. The van der Waals surface area contributed by atoms with Gasteiger partial charge in [0.1, 0.15) is 11.2 Å². The molecule has 1 aliphatic rings. The minimum absolute atomic E-state index is 0.312. The Morgan fingerprint density at radius 2 is 0.682 bits per heavy atom. The first-order valence-electron chi connectivity index (χ1n) is 30.0. The van der Waals surface area contributed by atoms with Crippen LogP contribution in [0.5, 0.6) is 0 Å². The van der Waals surface area contributed by atoms with Crippen LogP contribution in [0.1, 0.15) is 24.6 Å². The lowest BCUT2D eigenvalue weighted by Gasteiger charge is -2.22. The average molecular weight is 1130 g/mol. The van der Waals surface area contributed by atoms with Crippen molar-refractivity contribution in [3.05, 3.63) is 303 Å². The van der Waals surface area contributed by atoms with E-state index >= 15 is 0 Å². The minimum atomic E-state index is 0.312. The molecule has 9 aromatic carbocycles. The van der Waals surface area contributed by atoms with Gasteiger partial charge in [-0.25, -0.2) is 0 Å². The number of fused-ring (bicyclic) bond motifs is 9. The second-order valence-electron chi connectivity index (χ2n) is 22.9. The molecular formula is C81H54N6O. The molecule has 88 heavy (non-hydrogen) atoms. The molecule has 0 bridgehead atoms. The number of nitrogens with zero attached hydrogens (tertiary/aromatic N) is 6. The second kappa shape index (κ2) is 20.9. The molecule has 7 heteroatoms. The molecule has 0 fully saturated rings. The Morgan fingerprint density at radius 1 is 0.330 bits per heavy atom. The molecule has 0 N–H and O–H groups in total. The molecular weight excluding hydrogens is 1070 g/mol. The van der Waals surface area contributed by atoms with Crippen LogP contribution in [0.2, 0.25) is 0 Å². The third kappa shape index (κ3) is 8.50. The van der Waals surface area contributed by atoms with Gasteiger partial charge in [-0.2, -0.15) is 0 Å². The van der Waals surface area contributed by atoms with Crippen molar-refractivity contribution in [2.45, 2.75) is 13.3 Å². The number of benzene rings is 9. The third-order valence-electron chi connectivity index (χ3n) is 17.8. The number of aromatic nitrogens is 6. The molecule has 7 nitrogen and oxygen atoms in total. The highest BCUT2D eigenvalue weighted by molar-refractivity contribution is 6.15. The summed E-state index contributed by atoms with van der Waals surface area (Å²) in [7, 11) is 0. The maximum absolute atomic E-state index is 6.77. The lowest BCUT2D eigenvalue weighted by Crippen LogP contribution is -2.06. The molecule has 0 amide bonds. The second-order valence-corrected chi connectivity index (χ2v) is 22.9. The molecule has 0 aliphatic heterocycles. The Hall–Kier alpha value is -11.5. The first-order valence-corrected chi connectivity index (χ1v) is 30.0. The zero-order valence-corrected chi connectivity index (χ0v) is 48.1. The van der Waals surface area contributed by atoms with Crippen LogP contribution in [0.25, 0.3) is 155 Å². The Kier molecular flexibility index (Phi) is 12.1. The topological polar surface area (TPSA) is 74.6 Å². The lowest BCUT2D eigenvalue weighted by atomic mass is 9.83. The summed E-state index contributed by atoms with van der Waals surface area (Å²) in [6, 6.07) is 91.4. The summed E-state index contributed by atoms with van der Waals surface area (Å²) >= 11 is 0. The van der Waals surface area contributed by atoms with Crippen molar-refractivity contribution in [2.24, 2.45) is 5.92 Å². The highest BCUT2D eigenvalue weighted by atomic mass is 16.3. The van der Waals surface area contributed by atoms with Crippen LogP contribution >= 0.6 is 0 Å². The molecule has 7 aromatic heterocycles. The number of allylic oxidation sites excluding steroid dienone is 4. The molecule has 17 rings (SSSR count). The molecule has 1 aliphatic carbocycles. The molecule has 16 aromatic rings. The van der Waals surface area contributed by atoms with E-state index in [9.17, 15) is 0 Å². The maximum atomic E-state index is 6.77. The van der Waals surface area contributed by atoms with Crippen molar-refractivity contribution >= 4 is 76.7 Å². The van der Waals surface area contributed by atoms with Gasteiger partial charge in [0, 0.05) is 85.2 Å². The van der Waals surface area contributed by atoms with Crippen LogP contribution in [0, 0.1) is 5.92 Å². The zero-order valence-electron chi connectivity index (χ0n) is 48.1. The first-order chi connectivity index (χ1) is 43.6. The quantitative estimate of drug-likeness (QED) is 0.136. The summed E-state index contributed by atoms with van der Waals surface area (Å²) in [6.07, 6.45) is 13.1. The fourth-order valence-electron chi connectivity index (χ4n) is 13.8. The van der Waals surface area contributed by atoms with E-state index in [0.29, 0.717) is 5.92 Å². The molecule has 0 radical (unpaired) electrons. The monoisotopic (exact) mass is 1130 g/mol. The van der Waals surface area contributed by atoms with E-state index < -0.39 is 0 Å². The SMILES string of the molecule is CC1CC=CC(c2ccc3c(c2)c2cc(-c4ccccc4-c4ccccn4)ccc2n3-c2ccc3oc4ccc(-n5c6ccc(-c7ccccc7-c7ccccn7)cc6c6cc(-c7ccccc7-c7ccccn7)ccc65)cc4c3c2)=C1c1ccccn1. The zero-order chi connectivity index (χ0) is 58.2. The van der Waals surface area contributed by atoms with Crippen LogP contribution < -0.4 is 0 Å². The van der Waals surface area contributed by atoms with Crippen molar-refractivity contribution in [1.82, 2.24) is 29.1 Å². The van der Waals surface area contributed by atoms with Crippen molar-refractivity contribution in [3.8, 4) is 78.5 Å². The number of rotatable bonds is 10. The third-order valence-corrected chi connectivity index (χ3v) is 17.8. The van der Waals surface area contributed by atoms with Gasteiger partial charge < -0.3 is 13.6 Å². The van der Waals surface area contributed by atoms with Gasteiger partial charge in [-0.05, 0) is 196 Å². The van der Waals surface area contributed by atoms with Crippen molar-refractivity contribution in [1.29, 1.82) is 0 Å². The number of hydrogen-bond donors (Lipinski definition) is 0. The fourth-order valence-corrected chi connectivity index (χ4v) is 13.8. The summed E-state index contributed by atoms with van der Waals surface area (Å²) in [5.41, 5.74) is 25.7. The van der Waals surface area contributed by atoms with E-state index in [-0.39, 0.29) is 0 Å². The Labute approximate surface area is 508 Å². The summed E-state index contributed by atoms with van der Waals surface area (Å²) in [4.78, 5) is 19.3. The van der Waals surface area contributed by atoms with Crippen LogP contribution in [-0.2, 0) is 0 Å². The maximum Gasteiger partial charge on any atom is 0.135 e. The molecule has 7 heterocycles. The predicted molar refractivity (Wildman–Crippen MR) is 362 cm³/mol. The van der Waals surface area contributed by atoms with E-state index in [2.05, 4.69) is 259 Å². The van der Waals surface area contributed by atoms with Gasteiger partial charge >= 0.3 is 0 Å². The summed E-state index contributed by atoms with van der Waals surface area (Å²) in [5.74, 6) is 0.312. The van der Waals surface area contributed by atoms with Crippen molar-refractivity contribution in [2.75, 3.05) is 0 Å². The Balaban J connectivity index is 0.850. The van der Waals surface area contributed by atoms with E-state index in [4.69, 9.17) is 24.4 Å². The molecule has 1 atom stereocenters. The van der Waals surface area contributed by atoms with E-state index in [1.54, 1.807) is 0 Å². The summed E-state index contributed by atoms with van der Waals surface area (Å²) in [5, 5.41) is 6.70. The standard InChI is InChI=1S/C81H54N6O/c1-51-17-16-24-61(81(51)74-28-11-15-44-85-74)55-32-38-78-68(48-55)67-47-54(60-20-4-7-23-64(60)73-27-10-14-43-84-73)31-37-77(67)87(78)57-34-40-80-70(50-57)69-49-56(33-39-79(69)88-80)86-75-35-29-52(58-18-2-5-21-62(58)71-25-8-12-41-82-71)45-65(75)66-46-53(30-36-76(66)86)59-19-3-6-22-63(59)72-26-9-13-42-83-72/h2-16,18-51H,17H2,1H3. The highest BCUT2D eigenvalue weighted by Gasteiger charge is 2.24. The Morgan fingerprint density at radius 3 is 1.07 bits per heavy atom. The van der Waals surface area contributed by atoms with E-state index in [0.717, 1.165) is 151 Å². The van der Waals surface area contributed by atoms with Gasteiger partial charge in [0.2, 0.25) is 0 Å². The number of pyridine rings is 4. The average Bonchev–Trinajstić information content (AvgIpc) is 1.77. The first kappa shape index (κ1) is 50.9. The van der Waals surface area contributed by atoms with Crippen LogP contribution in [0.4, 0.5) is 0 Å². The van der Waals surface area contributed by atoms with Gasteiger partial charge in [0.15, 0.2) is 0 Å². The molecule has 0 saturated carbocycles. The van der Waals surface area contributed by atoms with Crippen LogP contribution in [0.15, 0.2) is 296 Å². The van der Waals surface area contributed by atoms with Crippen LogP contribution in [-0.4, -0.2) is 29.1 Å². The largest absolute Gasteiger partial charge is 0.456 e. The van der Waals surface area contributed by atoms with Crippen molar-refractivity contribution < 1.29 is 4.42 Å². The smallest absolute Gasteiger partial charge is 0.135 e. The molecule has 1 unspecified atom stereocenters. The summed E-state index contributed by atoms with van der Waals surface area (Å²) in [6.45, 7) is 2.31. The lowest BCUT2D eigenvalue weighted by molar-refractivity contribution is 0.669. The van der Waals surface area contributed by atoms with E-state index in [1.807, 2.05) is 49.1 Å². The van der Waals surface area contributed by atoms with Gasteiger partial charge in [0.25, 0.3) is 0 Å². The van der Waals surface area contributed by atoms with Gasteiger partial charge in [-0.15, -0.1) is 0 Å².